The minimum absolute atomic E-state index is 1.14. The third-order valence-corrected chi connectivity index (χ3v) is 9.23. The molecule has 0 spiro atoms. The molecule has 0 amide bonds. The number of para-hydroxylation sites is 2. The van der Waals surface area contributed by atoms with E-state index >= 15 is 0 Å². The summed E-state index contributed by atoms with van der Waals surface area (Å²) in [6.07, 6.45) is 0. The predicted molar refractivity (Wildman–Crippen MR) is 194 cm³/mol. The van der Waals surface area contributed by atoms with Crippen molar-refractivity contribution in [1.29, 1.82) is 0 Å². The van der Waals surface area contributed by atoms with Crippen LogP contribution in [0.2, 0.25) is 0 Å². The van der Waals surface area contributed by atoms with E-state index in [2.05, 4.69) is 183 Å². The highest BCUT2D eigenvalue weighted by atomic mass is 15.1. The number of hydrogen-bond donors (Lipinski definition) is 0. The number of anilines is 3. The lowest BCUT2D eigenvalue weighted by Crippen LogP contribution is -2.09. The summed E-state index contributed by atoms with van der Waals surface area (Å²) in [5.41, 5.74) is 11.0. The standard InChI is InChI=1S/C44H33N/c1-30-42-26-22-37(35-18-17-32-11-9-10-12-34(32)27-35)29-44(42)31(2)41-25-21-36(28-43(30)41)33-19-23-40(24-20-33)45(38-13-5-3-6-14-38)39-15-7-4-8-16-39/h3-29H,1-2H3. The van der Waals surface area contributed by atoms with E-state index in [1.807, 2.05) is 0 Å². The Bertz CT molecular complexity index is 2280. The molecule has 0 fully saturated rings. The molecule has 0 atom stereocenters. The van der Waals surface area contributed by atoms with Gasteiger partial charge in [-0.05, 0) is 134 Å². The Kier molecular flexibility index (Phi) is 6.65. The lowest BCUT2D eigenvalue weighted by atomic mass is 9.89. The van der Waals surface area contributed by atoms with Crippen molar-refractivity contribution in [2.75, 3.05) is 4.90 Å². The van der Waals surface area contributed by atoms with Crippen molar-refractivity contribution in [2.24, 2.45) is 0 Å². The summed E-state index contributed by atoms with van der Waals surface area (Å²) < 4.78 is 0. The number of hydrogen-bond acceptors (Lipinski definition) is 1. The maximum atomic E-state index is 2.37. The van der Waals surface area contributed by atoms with Crippen LogP contribution in [0.3, 0.4) is 0 Å². The van der Waals surface area contributed by atoms with Crippen LogP contribution in [0.1, 0.15) is 11.1 Å². The third-order valence-electron chi connectivity index (χ3n) is 9.23. The highest BCUT2D eigenvalue weighted by Gasteiger charge is 2.14. The van der Waals surface area contributed by atoms with Crippen LogP contribution in [0.15, 0.2) is 164 Å². The van der Waals surface area contributed by atoms with E-state index in [1.165, 1.54) is 65.7 Å². The predicted octanol–water partition coefficient (Wildman–Crippen LogP) is 12.6. The van der Waals surface area contributed by atoms with Crippen LogP contribution < -0.4 is 4.90 Å². The zero-order valence-electron chi connectivity index (χ0n) is 25.5. The Labute approximate surface area is 264 Å². The Hall–Kier alpha value is -5.66. The zero-order valence-corrected chi connectivity index (χ0v) is 25.5. The highest BCUT2D eigenvalue weighted by molar-refractivity contribution is 6.07. The molecular formula is C44H33N. The van der Waals surface area contributed by atoms with Crippen LogP contribution in [0.5, 0.6) is 0 Å². The SMILES string of the molecule is Cc1c2ccc(-c3ccc4ccccc4c3)cc2c(C)c2ccc(-c3ccc(N(c4ccccc4)c4ccccc4)cc3)cc12. The molecule has 8 aromatic rings. The molecule has 0 radical (unpaired) electrons. The third kappa shape index (κ3) is 4.83. The molecule has 0 aliphatic heterocycles. The van der Waals surface area contributed by atoms with E-state index < -0.39 is 0 Å². The number of rotatable bonds is 5. The fourth-order valence-corrected chi connectivity index (χ4v) is 6.79. The average Bonchev–Trinajstić information content (AvgIpc) is 3.11. The van der Waals surface area contributed by atoms with Gasteiger partial charge in [0, 0.05) is 17.1 Å². The van der Waals surface area contributed by atoms with E-state index in [-0.39, 0.29) is 0 Å². The molecule has 214 valence electrons. The van der Waals surface area contributed by atoms with Gasteiger partial charge in [-0.1, -0.05) is 109 Å². The van der Waals surface area contributed by atoms with Crippen molar-refractivity contribution in [3.8, 4) is 22.3 Å². The maximum absolute atomic E-state index is 2.37. The van der Waals surface area contributed by atoms with Gasteiger partial charge in [-0.15, -0.1) is 0 Å². The largest absolute Gasteiger partial charge is 0.311 e. The van der Waals surface area contributed by atoms with Crippen LogP contribution in [0.25, 0.3) is 54.6 Å². The van der Waals surface area contributed by atoms with Gasteiger partial charge >= 0.3 is 0 Å². The van der Waals surface area contributed by atoms with Crippen LogP contribution >= 0.6 is 0 Å². The molecule has 0 bridgehead atoms. The summed E-state index contributed by atoms with van der Waals surface area (Å²) in [5, 5.41) is 7.82. The Morgan fingerprint density at radius 2 is 0.733 bits per heavy atom. The van der Waals surface area contributed by atoms with Crippen molar-refractivity contribution in [3.63, 3.8) is 0 Å². The first-order chi connectivity index (χ1) is 22.1. The summed E-state index contributed by atoms with van der Waals surface area (Å²) in [7, 11) is 0. The van der Waals surface area contributed by atoms with Gasteiger partial charge < -0.3 is 4.90 Å². The molecule has 0 N–H and O–H groups in total. The number of aryl methyl sites for hydroxylation is 2. The average molecular weight is 576 g/mol. The van der Waals surface area contributed by atoms with Crippen molar-refractivity contribution in [2.45, 2.75) is 13.8 Å². The lowest BCUT2D eigenvalue weighted by Gasteiger charge is -2.25. The first-order valence-electron chi connectivity index (χ1n) is 15.6. The molecule has 0 aliphatic rings. The Morgan fingerprint density at radius 1 is 0.311 bits per heavy atom. The summed E-state index contributed by atoms with van der Waals surface area (Å²) >= 11 is 0. The molecular weight excluding hydrogens is 542 g/mol. The fourth-order valence-electron chi connectivity index (χ4n) is 6.79. The van der Waals surface area contributed by atoms with Gasteiger partial charge in [-0.25, -0.2) is 0 Å². The molecule has 0 aromatic heterocycles. The molecule has 0 saturated carbocycles. The molecule has 0 aliphatic carbocycles. The molecule has 0 heterocycles. The second-order valence-electron chi connectivity index (χ2n) is 11.9. The van der Waals surface area contributed by atoms with E-state index in [0.29, 0.717) is 0 Å². The molecule has 45 heavy (non-hydrogen) atoms. The quantitative estimate of drug-likeness (QED) is 0.185. The second-order valence-corrected chi connectivity index (χ2v) is 11.9. The molecule has 8 rings (SSSR count). The van der Waals surface area contributed by atoms with E-state index in [4.69, 9.17) is 0 Å². The lowest BCUT2D eigenvalue weighted by molar-refractivity contribution is 1.28. The first kappa shape index (κ1) is 26.9. The Morgan fingerprint density at radius 3 is 1.31 bits per heavy atom. The fraction of sp³-hybridized carbons (Fsp3) is 0.0455. The summed E-state index contributed by atoms with van der Waals surface area (Å²) in [6, 6.07) is 59.3. The normalized spacial score (nSPS) is 11.3. The molecule has 0 saturated heterocycles. The molecule has 1 heteroatoms. The van der Waals surface area contributed by atoms with E-state index in [9.17, 15) is 0 Å². The van der Waals surface area contributed by atoms with E-state index in [0.717, 1.165) is 17.1 Å². The van der Waals surface area contributed by atoms with Crippen LogP contribution in [-0.4, -0.2) is 0 Å². The summed E-state index contributed by atoms with van der Waals surface area (Å²) in [6.45, 7) is 4.54. The van der Waals surface area contributed by atoms with Crippen LogP contribution in [-0.2, 0) is 0 Å². The molecule has 0 unspecified atom stereocenters. The van der Waals surface area contributed by atoms with Crippen LogP contribution in [0, 0.1) is 13.8 Å². The molecule has 1 nitrogen and oxygen atoms in total. The number of benzene rings is 8. The molecule has 8 aromatic carbocycles. The maximum Gasteiger partial charge on any atom is 0.0462 e. The van der Waals surface area contributed by atoms with Gasteiger partial charge in [0.1, 0.15) is 0 Å². The van der Waals surface area contributed by atoms with Crippen LogP contribution in [0.4, 0.5) is 17.1 Å². The van der Waals surface area contributed by atoms with Gasteiger partial charge in [0.05, 0.1) is 0 Å². The van der Waals surface area contributed by atoms with Gasteiger partial charge in [0.25, 0.3) is 0 Å². The van der Waals surface area contributed by atoms with Gasteiger partial charge in [-0.3, -0.25) is 0 Å². The van der Waals surface area contributed by atoms with Crippen molar-refractivity contribution < 1.29 is 0 Å². The highest BCUT2D eigenvalue weighted by Crippen LogP contribution is 2.39. The minimum Gasteiger partial charge on any atom is -0.311 e. The summed E-state index contributed by atoms with van der Waals surface area (Å²) in [4.78, 5) is 2.30. The second kappa shape index (κ2) is 11.1. The topological polar surface area (TPSA) is 3.24 Å². The zero-order chi connectivity index (χ0) is 30.3. The Balaban J connectivity index is 1.17. The van der Waals surface area contributed by atoms with Gasteiger partial charge in [-0.2, -0.15) is 0 Å². The van der Waals surface area contributed by atoms with Gasteiger partial charge in [0.2, 0.25) is 0 Å². The first-order valence-corrected chi connectivity index (χ1v) is 15.6. The van der Waals surface area contributed by atoms with E-state index in [1.54, 1.807) is 0 Å². The number of nitrogens with zero attached hydrogens (tertiary/aromatic N) is 1. The smallest absolute Gasteiger partial charge is 0.0462 e. The number of fused-ring (bicyclic) bond motifs is 3. The van der Waals surface area contributed by atoms with Crippen molar-refractivity contribution >= 4 is 49.4 Å². The van der Waals surface area contributed by atoms with Gasteiger partial charge in [0.15, 0.2) is 0 Å². The summed E-state index contributed by atoms with van der Waals surface area (Å²) in [5.74, 6) is 0. The van der Waals surface area contributed by atoms with Crippen molar-refractivity contribution in [1.82, 2.24) is 0 Å². The van der Waals surface area contributed by atoms with Crippen molar-refractivity contribution in [3.05, 3.63) is 175 Å². The monoisotopic (exact) mass is 575 g/mol. The minimum atomic E-state index is 1.14.